The second-order valence-electron chi connectivity index (χ2n) is 6.37. The lowest BCUT2D eigenvalue weighted by Crippen LogP contribution is -2.03. The van der Waals surface area contributed by atoms with E-state index in [0.29, 0.717) is 23.3 Å². The molecule has 0 radical (unpaired) electrons. The molecule has 4 rings (SSSR count). The van der Waals surface area contributed by atoms with Gasteiger partial charge in [-0.1, -0.05) is 30.3 Å². The van der Waals surface area contributed by atoms with Gasteiger partial charge in [-0.15, -0.1) is 11.3 Å². The summed E-state index contributed by atoms with van der Waals surface area (Å²) in [6.07, 6.45) is 0.675. The number of hydrogen-bond acceptors (Lipinski definition) is 3. The summed E-state index contributed by atoms with van der Waals surface area (Å²) >= 11 is 1.57. The summed E-state index contributed by atoms with van der Waals surface area (Å²) in [6, 6.07) is 12.0. The topological polar surface area (TPSA) is 29.5 Å². The van der Waals surface area contributed by atoms with Crippen molar-refractivity contribution < 1.29 is 18.6 Å². The van der Waals surface area contributed by atoms with Crippen LogP contribution in [0.2, 0.25) is 0 Å². The molecule has 5 heteroatoms. The normalized spacial score (nSPS) is 15.2. The molecule has 134 valence electrons. The predicted molar refractivity (Wildman–Crippen MR) is 99.4 cm³/mol. The van der Waals surface area contributed by atoms with Gasteiger partial charge in [-0.2, -0.15) is 0 Å². The van der Waals surface area contributed by atoms with Crippen molar-refractivity contribution in [2.75, 3.05) is 13.7 Å². The third-order valence-electron chi connectivity index (χ3n) is 4.75. The van der Waals surface area contributed by atoms with E-state index in [0.717, 1.165) is 34.2 Å². The van der Waals surface area contributed by atoms with Crippen molar-refractivity contribution in [2.45, 2.75) is 18.9 Å². The maximum atomic E-state index is 14.8. The number of methoxy groups -OCH3 is 1. The SMILES string of the molecule is COCCCc1cc2c(s1)-c1ccccc1C(O)c1ccc(F)c(F)c1-2. The number of halogens is 2. The Balaban J connectivity index is 1.96. The highest BCUT2D eigenvalue weighted by molar-refractivity contribution is 7.16. The van der Waals surface area contributed by atoms with Crippen molar-refractivity contribution in [3.8, 4) is 21.6 Å². The summed E-state index contributed by atoms with van der Waals surface area (Å²) < 4.78 is 33.8. The molecule has 0 saturated carbocycles. The minimum Gasteiger partial charge on any atom is -0.385 e. The Morgan fingerprint density at radius 3 is 2.69 bits per heavy atom. The van der Waals surface area contributed by atoms with Gasteiger partial charge in [-0.25, -0.2) is 8.78 Å². The molecule has 0 spiro atoms. The number of thiophene rings is 1. The third kappa shape index (κ3) is 2.76. The van der Waals surface area contributed by atoms with Crippen molar-refractivity contribution in [2.24, 2.45) is 0 Å². The summed E-state index contributed by atoms with van der Waals surface area (Å²) in [7, 11) is 1.66. The smallest absolute Gasteiger partial charge is 0.167 e. The van der Waals surface area contributed by atoms with Crippen LogP contribution in [0.5, 0.6) is 0 Å². The van der Waals surface area contributed by atoms with Crippen LogP contribution in [-0.2, 0) is 11.2 Å². The van der Waals surface area contributed by atoms with Gasteiger partial charge in [0, 0.05) is 34.6 Å². The van der Waals surface area contributed by atoms with Crippen LogP contribution >= 0.6 is 11.3 Å². The second-order valence-corrected chi connectivity index (χ2v) is 7.50. The van der Waals surface area contributed by atoms with Crippen LogP contribution in [0, 0.1) is 11.6 Å². The molecule has 26 heavy (non-hydrogen) atoms. The zero-order chi connectivity index (χ0) is 18.3. The third-order valence-corrected chi connectivity index (χ3v) is 5.97. The Morgan fingerprint density at radius 1 is 1.08 bits per heavy atom. The first kappa shape index (κ1) is 17.3. The van der Waals surface area contributed by atoms with Crippen LogP contribution in [-0.4, -0.2) is 18.8 Å². The molecule has 0 amide bonds. The molecule has 1 unspecified atom stereocenters. The van der Waals surface area contributed by atoms with Gasteiger partial charge >= 0.3 is 0 Å². The highest BCUT2D eigenvalue weighted by Gasteiger charge is 2.30. The lowest BCUT2D eigenvalue weighted by atomic mass is 9.95. The van der Waals surface area contributed by atoms with E-state index in [-0.39, 0.29) is 5.56 Å². The van der Waals surface area contributed by atoms with Gasteiger partial charge in [-0.3, -0.25) is 0 Å². The zero-order valence-corrected chi connectivity index (χ0v) is 15.1. The average molecular weight is 372 g/mol. The monoisotopic (exact) mass is 372 g/mol. The lowest BCUT2D eigenvalue weighted by molar-refractivity contribution is 0.195. The summed E-state index contributed by atoms with van der Waals surface area (Å²) in [5.41, 5.74) is 2.80. The van der Waals surface area contributed by atoms with Crippen LogP contribution in [0.1, 0.15) is 28.5 Å². The van der Waals surface area contributed by atoms with E-state index in [1.54, 1.807) is 18.4 Å². The molecule has 3 aromatic rings. The number of hydrogen-bond donors (Lipinski definition) is 1. The van der Waals surface area contributed by atoms with Gasteiger partial charge in [0.15, 0.2) is 11.6 Å². The van der Waals surface area contributed by atoms with E-state index in [9.17, 15) is 13.9 Å². The number of fused-ring (bicyclic) bond motifs is 5. The molecule has 0 fully saturated rings. The molecule has 0 aliphatic heterocycles. The molecule has 0 saturated heterocycles. The van der Waals surface area contributed by atoms with Gasteiger partial charge in [0.1, 0.15) is 6.10 Å². The molecule has 1 atom stereocenters. The standard InChI is InChI=1S/C21H18F2O2S/c1-25-10-4-5-12-11-16-18-15(8-9-17(22)19(18)23)20(24)13-6-2-3-7-14(13)21(16)26-12/h2-3,6-9,11,20,24H,4-5,10H2,1H3. The van der Waals surface area contributed by atoms with E-state index >= 15 is 0 Å². The summed E-state index contributed by atoms with van der Waals surface area (Å²) in [5, 5.41) is 10.8. The highest BCUT2D eigenvalue weighted by atomic mass is 32.1. The molecular formula is C21H18F2O2S. The first-order chi connectivity index (χ1) is 12.6. The van der Waals surface area contributed by atoms with Crippen molar-refractivity contribution in [3.05, 3.63) is 70.1 Å². The maximum absolute atomic E-state index is 14.8. The van der Waals surface area contributed by atoms with Gasteiger partial charge in [0.05, 0.1) is 0 Å². The van der Waals surface area contributed by atoms with Crippen molar-refractivity contribution in [3.63, 3.8) is 0 Å². The molecule has 1 aromatic heterocycles. The Kier molecular flexibility index (Phi) is 4.61. The first-order valence-corrected chi connectivity index (χ1v) is 9.30. The summed E-state index contributed by atoms with van der Waals surface area (Å²) in [6.45, 7) is 0.650. The lowest BCUT2D eigenvalue weighted by Gasteiger charge is -2.15. The number of rotatable bonds is 4. The number of aryl methyl sites for hydroxylation is 1. The van der Waals surface area contributed by atoms with E-state index in [1.807, 2.05) is 30.3 Å². The molecular weight excluding hydrogens is 354 g/mol. The quantitative estimate of drug-likeness (QED) is 0.627. The number of benzene rings is 2. The van der Waals surface area contributed by atoms with E-state index < -0.39 is 17.7 Å². The first-order valence-electron chi connectivity index (χ1n) is 8.49. The fourth-order valence-electron chi connectivity index (χ4n) is 3.52. The van der Waals surface area contributed by atoms with Crippen molar-refractivity contribution in [1.82, 2.24) is 0 Å². The number of ether oxygens (including phenoxy) is 1. The van der Waals surface area contributed by atoms with Gasteiger partial charge in [-0.05, 0) is 41.7 Å². The van der Waals surface area contributed by atoms with Crippen LogP contribution in [0.4, 0.5) is 8.78 Å². The van der Waals surface area contributed by atoms with Crippen LogP contribution < -0.4 is 0 Å². The van der Waals surface area contributed by atoms with Crippen LogP contribution in [0.3, 0.4) is 0 Å². The largest absolute Gasteiger partial charge is 0.385 e. The minimum atomic E-state index is -0.993. The molecule has 1 aliphatic rings. The molecule has 1 aliphatic carbocycles. The Labute approximate surface area is 154 Å². The minimum absolute atomic E-state index is 0.165. The van der Waals surface area contributed by atoms with Crippen molar-refractivity contribution in [1.29, 1.82) is 0 Å². The Hall–Kier alpha value is -2.08. The van der Waals surface area contributed by atoms with Crippen LogP contribution in [0.25, 0.3) is 21.6 Å². The van der Waals surface area contributed by atoms with Crippen molar-refractivity contribution >= 4 is 11.3 Å². The van der Waals surface area contributed by atoms with Gasteiger partial charge in [0.2, 0.25) is 0 Å². The number of aliphatic hydroxyl groups excluding tert-OH is 1. The van der Waals surface area contributed by atoms with Crippen LogP contribution in [0.15, 0.2) is 42.5 Å². The van der Waals surface area contributed by atoms with Gasteiger partial charge in [0.25, 0.3) is 0 Å². The van der Waals surface area contributed by atoms with E-state index in [4.69, 9.17) is 4.74 Å². The average Bonchev–Trinajstić information content (AvgIpc) is 3.03. The fraction of sp³-hybridized carbons (Fsp3) is 0.238. The highest BCUT2D eigenvalue weighted by Crippen LogP contribution is 2.49. The Bertz CT molecular complexity index is 965. The maximum Gasteiger partial charge on any atom is 0.167 e. The number of aliphatic hydroxyl groups is 1. The summed E-state index contributed by atoms with van der Waals surface area (Å²) in [5.74, 6) is -1.81. The predicted octanol–water partition coefficient (Wildman–Crippen LogP) is 5.33. The zero-order valence-electron chi connectivity index (χ0n) is 14.3. The summed E-state index contributed by atoms with van der Waals surface area (Å²) in [4.78, 5) is 1.96. The second kappa shape index (κ2) is 6.91. The molecule has 2 aromatic carbocycles. The van der Waals surface area contributed by atoms with Gasteiger partial charge < -0.3 is 9.84 Å². The molecule has 1 N–H and O–H groups in total. The molecule has 0 bridgehead atoms. The Morgan fingerprint density at radius 2 is 1.88 bits per heavy atom. The fourth-order valence-corrected chi connectivity index (χ4v) is 4.77. The van der Waals surface area contributed by atoms with E-state index in [2.05, 4.69) is 0 Å². The molecule has 2 nitrogen and oxygen atoms in total. The van der Waals surface area contributed by atoms with E-state index in [1.165, 1.54) is 6.07 Å². The molecule has 1 heterocycles.